The number of aromatic amines is 1. The van der Waals surface area contributed by atoms with Gasteiger partial charge in [0.25, 0.3) is 0 Å². The number of rotatable bonds is 7. The summed E-state index contributed by atoms with van der Waals surface area (Å²) in [6, 6.07) is 29.9. The maximum Gasteiger partial charge on any atom is 0.490 e. The number of nitrogens with zero attached hydrogens (tertiary/aromatic N) is 1. The number of anilines is 1. The Morgan fingerprint density at radius 3 is 1.85 bits per heavy atom. The standard InChI is InChI=1S/C28H25FN4.C2HF3O2/c1-30-25-13-4-20(5-14-25)18-31-17-19-2-6-21(7-3-19)22-8-10-23(11-9-22)28-32-26-15-12-24(29)16-27(26)33-28;3-2(4,5)1(6)7/h2-16,30-31H,17-18H2,1H3,(H,32,33);(H,6,7). The number of carboxylic acid groups (broad SMARTS) is 1. The first-order chi connectivity index (χ1) is 19.1. The molecule has 0 amide bonds. The lowest BCUT2D eigenvalue weighted by molar-refractivity contribution is -0.192. The van der Waals surface area contributed by atoms with E-state index in [4.69, 9.17) is 9.90 Å². The van der Waals surface area contributed by atoms with Gasteiger partial charge in [-0.3, -0.25) is 0 Å². The molecule has 0 radical (unpaired) electrons. The second-order valence-electron chi connectivity index (χ2n) is 8.87. The average molecular weight is 551 g/mol. The van der Waals surface area contributed by atoms with E-state index < -0.39 is 12.1 Å². The normalized spacial score (nSPS) is 11.1. The number of fused-ring (bicyclic) bond motifs is 1. The maximum atomic E-state index is 13.4. The summed E-state index contributed by atoms with van der Waals surface area (Å²) in [5.74, 6) is -2.29. The van der Waals surface area contributed by atoms with Crippen molar-refractivity contribution in [1.82, 2.24) is 15.3 Å². The summed E-state index contributed by atoms with van der Waals surface area (Å²) in [5.41, 5.74) is 8.37. The van der Waals surface area contributed by atoms with Crippen molar-refractivity contribution in [1.29, 1.82) is 0 Å². The highest BCUT2D eigenvalue weighted by Gasteiger charge is 2.38. The van der Waals surface area contributed by atoms with Gasteiger partial charge in [0.1, 0.15) is 11.6 Å². The van der Waals surface area contributed by atoms with Crippen molar-refractivity contribution in [2.75, 3.05) is 12.4 Å². The molecule has 0 aliphatic rings. The van der Waals surface area contributed by atoms with Crippen LogP contribution in [0.15, 0.2) is 91.0 Å². The van der Waals surface area contributed by atoms with Crippen molar-refractivity contribution in [2.45, 2.75) is 19.3 Å². The molecule has 0 aliphatic heterocycles. The smallest absolute Gasteiger partial charge is 0.475 e. The van der Waals surface area contributed by atoms with E-state index >= 15 is 0 Å². The van der Waals surface area contributed by atoms with Crippen LogP contribution in [0.4, 0.5) is 23.2 Å². The minimum absolute atomic E-state index is 0.269. The van der Waals surface area contributed by atoms with Crippen molar-refractivity contribution in [3.63, 3.8) is 0 Å². The third-order valence-corrected chi connectivity index (χ3v) is 6.03. The molecule has 5 rings (SSSR count). The van der Waals surface area contributed by atoms with Crippen LogP contribution in [-0.2, 0) is 17.9 Å². The monoisotopic (exact) mass is 550 g/mol. The molecule has 0 saturated carbocycles. The minimum atomic E-state index is -5.08. The molecule has 6 nitrogen and oxygen atoms in total. The molecule has 40 heavy (non-hydrogen) atoms. The summed E-state index contributed by atoms with van der Waals surface area (Å²) in [4.78, 5) is 16.7. The third kappa shape index (κ3) is 7.45. The molecule has 1 heterocycles. The van der Waals surface area contributed by atoms with Gasteiger partial charge in [0.05, 0.1) is 11.0 Å². The molecule has 206 valence electrons. The fraction of sp³-hybridized carbons (Fsp3) is 0.133. The zero-order valence-electron chi connectivity index (χ0n) is 21.4. The number of halogens is 4. The van der Waals surface area contributed by atoms with E-state index in [9.17, 15) is 17.6 Å². The molecule has 1 aromatic heterocycles. The number of aromatic nitrogens is 2. The molecule has 10 heteroatoms. The summed E-state index contributed by atoms with van der Waals surface area (Å²) in [5, 5.41) is 13.8. The second-order valence-corrected chi connectivity index (χ2v) is 8.87. The van der Waals surface area contributed by atoms with E-state index in [0.717, 1.165) is 41.2 Å². The Balaban J connectivity index is 0.000000470. The van der Waals surface area contributed by atoms with Crippen LogP contribution < -0.4 is 10.6 Å². The molecular weight excluding hydrogens is 524 g/mol. The number of H-pyrrole nitrogens is 1. The number of alkyl halides is 3. The highest BCUT2D eigenvalue weighted by molar-refractivity contribution is 5.80. The Morgan fingerprint density at radius 1 is 0.825 bits per heavy atom. The Labute approximate surface area is 227 Å². The number of imidazole rings is 1. The van der Waals surface area contributed by atoms with Crippen LogP contribution in [0.3, 0.4) is 0 Å². The number of carboxylic acids is 1. The van der Waals surface area contributed by atoms with Crippen molar-refractivity contribution >= 4 is 22.7 Å². The molecule has 0 bridgehead atoms. The maximum absolute atomic E-state index is 13.4. The SMILES string of the molecule is CNc1ccc(CNCc2ccc(-c3ccc(-c4nc5ccc(F)cc5[nH]4)cc3)cc2)cc1.O=C(O)C(F)(F)F. The van der Waals surface area contributed by atoms with Crippen molar-refractivity contribution in [2.24, 2.45) is 0 Å². The van der Waals surface area contributed by atoms with Crippen LogP contribution in [0.5, 0.6) is 0 Å². The van der Waals surface area contributed by atoms with Gasteiger partial charge in [0, 0.05) is 31.4 Å². The van der Waals surface area contributed by atoms with Gasteiger partial charge in [-0.1, -0.05) is 60.7 Å². The number of nitrogens with one attached hydrogen (secondary N) is 3. The molecule has 0 fully saturated rings. The first kappa shape index (κ1) is 28.3. The lowest BCUT2D eigenvalue weighted by atomic mass is 10.0. The zero-order valence-corrected chi connectivity index (χ0v) is 21.4. The van der Waals surface area contributed by atoms with Crippen LogP contribution in [0.25, 0.3) is 33.5 Å². The third-order valence-electron chi connectivity index (χ3n) is 6.03. The molecule has 4 N–H and O–H groups in total. The number of benzene rings is 4. The first-order valence-electron chi connectivity index (χ1n) is 12.2. The molecule has 4 aromatic carbocycles. The highest BCUT2D eigenvalue weighted by Crippen LogP contribution is 2.25. The summed E-state index contributed by atoms with van der Waals surface area (Å²) in [7, 11) is 1.93. The largest absolute Gasteiger partial charge is 0.490 e. The summed E-state index contributed by atoms with van der Waals surface area (Å²) in [6.45, 7) is 1.65. The number of aliphatic carboxylic acids is 1. The van der Waals surface area contributed by atoms with Gasteiger partial charge in [-0.05, 0) is 52.6 Å². The number of hydrogen-bond acceptors (Lipinski definition) is 4. The topological polar surface area (TPSA) is 90.0 Å². The second kappa shape index (κ2) is 12.4. The van der Waals surface area contributed by atoms with E-state index in [0.29, 0.717) is 5.52 Å². The first-order valence-corrected chi connectivity index (χ1v) is 12.2. The molecule has 0 atom stereocenters. The fourth-order valence-corrected chi connectivity index (χ4v) is 3.89. The van der Waals surface area contributed by atoms with Gasteiger partial charge in [-0.2, -0.15) is 13.2 Å². The van der Waals surface area contributed by atoms with Gasteiger partial charge in [0.2, 0.25) is 0 Å². The predicted molar refractivity (Wildman–Crippen MR) is 147 cm³/mol. The Morgan fingerprint density at radius 2 is 1.32 bits per heavy atom. The van der Waals surface area contributed by atoms with E-state index in [1.807, 2.05) is 19.2 Å². The van der Waals surface area contributed by atoms with Crippen LogP contribution in [0, 0.1) is 5.82 Å². The molecule has 5 aromatic rings. The number of carbonyl (C=O) groups is 1. The van der Waals surface area contributed by atoms with Crippen molar-refractivity contribution in [3.05, 3.63) is 108 Å². The van der Waals surface area contributed by atoms with E-state index in [1.165, 1.54) is 28.8 Å². The Hall–Kier alpha value is -4.70. The Kier molecular flexibility index (Phi) is 8.80. The van der Waals surface area contributed by atoms with Gasteiger partial charge < -0.3 is 20.7 Å². The summed E-state index contributed by atoms with van der Waals surface area (Å²) < 4.78 is 45.2. The summed E-state index contributed by atoms with van der Waals surface area (Å²) >= 11 is 0. The Bertz CT molecular complexity index is 1560. The van der Waals surface area contributed by atoms with Gasteiger partial charge in [-0.15, -0.1) is 0 Å². The van der Waals surface area contributed by atoms with Crippen LogP contribution in [0.1, 0.15) is 11.1 Å². The van der Waals surface area contributed by atoms with E-state index in [-0.39, 0.29) is 5.82 Å². The van der Waals surface area contributed by atoms with Crippen LogP contribution in [-0.4, -0.2) is 34.3 Å². The van der Waals surface area contributed by atoms with Gasteiger partial charge in [-0.25, -0.2) is 14.2 Å². The highest BCUT2D eigenvalue weighted by atomic mass is 19.4. The molecule has 0 unspecified atom stereocenters. The fourth-order valence-electron chi connectivity index (χ4n) is 3.89. The van der Waals surface area contributed by atoms with Crippen LogP contribution in [0.2, 0.25) is 0 Å². The predicted octanol–water partition coefficient (Wildman–Crippen LogP) is 7.00. The molecule has 0 saturated heterocycles. The molecular formula is C30H26F4N4O2. The summed E-state index contributed by atoms with van der Waals surface area (Å²) in [6.07, 6.45) is -5.08. The molecule has 0 aliphatic carbocycles. The van der Waals surface area contributed by atoms with Crippen LogP contribution >= 0.6 is 0 Å². The lowest BCUT2D eigenvalue weighted by Gasteiger charge is -2.08. The van der Waals surface area contributed by atoms with Gasteiger partial charge >= 0.3 is 12.1 Å². The van der Waals surface area contributed by atoms with Crippen molar-refractivity contribution in [3.8, 4) is 22.5 Å². The molecule has 0 spiro atoms. The quantitative estimate of drug-likeness (QED) is 0.164. The zero-order chi connectivity index (χ0) is 28.7. The average Bonchev–Trinajstić information content (AvgIpc) is 3.37. The van der Waals surface area contributed by atoms with Gasteiger partial charge in [0.15, 0.2) is 0 Å². The minimum Gasteiger partial charge on any atom is -0.475 e. The van der Waals surface area contributed by atoms with Crippen molar-refractivity contribution < 1.29 is 27.5 Å². The lowest BCUT2D eigenvalue weighted by Crippen LogP contribution is -2.21. The van der Waals surface area contributed by atoms with E-state index in [1.54, 1.807) is 6.07 Å². The number of hydrogen-bond donors (Lipinski definition) is 4. The van der Waals surface area contributed by atoms with E-state index in [2.05, 4.69) is 81.3 Å².